The van der Waals surface area contributed by atoms with E-state index in [1.807, 2.05) is 6.92 Å². The molecule has 1 aromatic rings. The number of hydrogen-bond acceptors (Lipinski definition) is 2. The fourth-order valence-electron chi connectivity index (χ4n) is 3.61. The molecule has 1 fully saturated rings. The lowest BCUT2D eigenvalue weighted by Gasteiger charge is -2.32. The van der Waals surface area contributed by atoms with Crippen LogP contribution in [0.15, 0.2) is 12.1 Å². The number of aryl methyl sites for hydroxylation is 1. The second-order valence-electron chi connectivity index (χ2n) is 6.22. The molecular formula is C16H21F3N2. The Morgan fingerprint density at radius 2 is 2.14 bits per heavy atom. The van der Waals surface area contributed by atoms with Gasteiger partial charge in [-0.2, -0.15) is 13.2 Å². The first kappa shape index (κ1) is 14.9. The molecule has 1 atom stereocenters. The van der Waals surface area contributed by atoms with Gasteiger partial charge >= 0.3 is 6.18 Å². The van der Waals surface area contributed by atoms with Crippen LogP contribution in [0.3, 0.4) is 0 Å². The van der Waals surface area contributed by atoms with Gasteiger partial charge in [-0.1, -0.05) is 17.7 Å². The molecule has 0 aliphatic carbocycles. The third-order valence-electron chi connectivity index (χ3n) is 4.43. The molecule has 1 saturated heterocycles. The lowest BCUT2D eigenvalue weighted by molar-refractivity contribution is -0.147. The number of hydrogen-bond donors (Lipinski definition) is 1. The van der Waals surface area contributed by atoms with Gasteiger partial charge in [-0.3, -0.25) is 4.90 Å². The normalized spacial score (nSPS) is 23.3. The minimum absolute atomic E-state index is 0.382. The molecular weight excluding hydrogens is 277 g/mol. The van der Waals surface area contributed by atoms with Crippen LogP contribution in [-0.4, -0.2) is 30.7 Å². The number of nitrogens with zero attached hydrogens (tertiary/aromatic N) is 1. The van der Waals surface area contributed by atoms with Crippen LogP contribution in [0.2, 0.25) is 0 Å². The largest absolute Gasteiger partial charge is 0.401 e. The van der Waals surface area contributed by atoms with Gasteiger partial charge in [0.1, 0.15) is 0 Å². The molecule has 0 unspecified atom stereocenters. The van der Waals surface area contributed by atoms with Gasteiger partial charge in [0.05, 0.1) is 6.54 Å². The summed E-state index contributed by atoms with van der Waals surface area (Å²) in [5.74, 6) is 0. The minimum Gasteiger partial charge on any atom is -0.310 e. The van der Waals surface area contributed by atoms with E-state index in [-0.39, 0.29) is 0 Å². The molecule has 116 valence electrons. The Morgan fingerprint density at radius 3 is 2.81 bits per heavy atom. The average Bonchev–Trinajstić information content (AvgIpc) is 2.88. The van der Waals surface area contributed by atoms with E-state index in [4.69, 9.17) is 0 Å². The van der Waals surface area contributed by atoms with Crippen molar-refractivity contribution >= 4 is 0 Å². The molecule has 0 amide bonds. The summed E-state index contributed by atoms with van der Waals surface area (Å²) in [7, 11) is 0. The van der Waals surface area contributed by atoms with Crippen LogP contribution in [0.4, 0.5) is 13.2 Å². The number of benzene rings is 1. The molecule has 0 bridgehead atoms. The highest BCUT2D eigenvalue weighted by atomic mass is 19.4. The molecule has 2 aliphatic heterocycles. The van der Waals surface area contributed by atoms with Crippen molar-refractivity contribution in [2.45, 2.75) is 44.9 Å². The van der Waals surface area contributed by atoms with Crippen LogP contribution in [0.25, 0.3) is 0 Å². The van der Waals surface area contributed by atoms with Gasteiger partial charge in [-0.15, -0.1) is 0 Å². The van der Waals surface area contributed by atoms with E-state index < -0.39 is 12.7 Å². The molecule has 1 N–H and O–H groups in total. The zero-order valence-electron chi connectivity index (χ0n) is 12.3. The Labute approximate surface area is 123 Å². The van der Waals surface area contributed by atoms with Gasteiger partial charge in [0.15, 0.2) is 0 Å². The Balaban J connectivity index is 1.85. The van der Waals surface area contributed by atoms with Gasteiger partial charge in [0.2, 0.25) is 0 Å². The van der Waals surface area contributed by atoms with E-state index in [0.717, 1.165) is 30.5 Å². The monoisotopic (exact) mass is 298 g/mol. The lowest BCUT2D eigenvalue weighted by atomic mass is 9.88. The summed E-state index contributed by atoms with van der Waals surface area (Å²) in [4.78, 5) is 1.51. The van der Waals surface area contributed by atoms with E-state index in [1.165, 1.54) is 22.4 Å². The van der Waals surface area contributed by atoms with Gasteiger partial charge < -0.3 is 5.32 Å². The third-order valence-corrected chi connectivity index (χ3v) is 4.43. The maximum Gasteiger partial charge on any atom is 0.401 e. The third kappa shape index (κ3) is 3.40. The van der Waals surface area contributed by atoms with Crippen molar-refractivity contribution in [3.8, 4) is 0 Å². The molecule has 0 aromatic heterocycles. The highest BCUT2D eigenvalue weighted by molar-refractivity contribution is 5.42. The number of nitrogens with one attached hydrogen (secondary N) is 1. The second kappa shape index (κ2) is 5.61. The van der Waals surface area contributed by atoms with Crippen molar-refractivity contribution in [2.24, 2.45) is 0 Å². The maximum absolute atomic E-state index is 12.6. The van der Waals surface area contributed by atoms with Gasteiger partial charge in [-0.25, -0.2) is 0 Å². The van der Waals surface area contributed by atoms with Gasteiger partial charge in [0.25, 0.3) is 0 Å². The Morgan fingerprint density at radius 1 is 1.33 bits per heavy atom. The summed E-state index contributed by atoms with van der Waals surface area (Å²) in [5.41, 5.74) is 4.81. The van der Waals surface area contributed by atoms with E-state index in [0.29, 0.717) is 19.1 Å². The summed E-state index contributed by atoms with van der Waals surface area (Å²) < 4.78 is 37.7. The molecule has 2 nitrogen and oxygen atoms in total. The fourth-order valence-corrected chi connectivity index (χ4v) is 3.61. The molecule has 2 heterocycles. The van der Waals surface area contributed by atoms with Crippen LogP contribution in [0, 0.1) is 6.92 Å². The first-order valence-electron chi connectivity index (χ1n) is 7.57. The van der Waals surface area contributed by atoms with Gasteiger partial charge in [0, 0.05) is 19.1 Å². The van der Waals surface area contributed by atoms with E-state index in [1.54, 1.807) is 0 Å². The molecule has 2 aliphatic rings. The smallest absolute Gasteiger partial charge is 0.310 e. The summed E-state index contributed by atoms with van der Waals surface area (Å²) in [6.07, 6.45) is -1.09. The lowest BCUT2D eigenvalue weighted by Crippen LogP contribution is -2.38. The topological polar surface area (TPSA) is 15.3 Å². The Hall–Kier alpha value is -1.07. The molecule has 5 heteroatoms. The minimum atomic E-state index is -4.11. The van der Waals surface area contributed by atoms with Crippen LogP contribution >= 0.6 is 0 Å². The predicted molar refractivity (Wildman–Crippen MR) is 76.2 cm³/mol. The predicted octanol–water partition coefficient (Wildman–Crippen LogP) is 3.34. The molecule has 0 spiro atoms. The van der Waals surface area contributed by atoms with Crippen molar-refractivity contribution < 1.29 is 13.2 Å². The van der Waals surface area contributed by atoms with E-state index >= 15 is 0 Å². The first-order valence-corrected chi connectivity index (χ1v) is 7.57. The van der Waals surface area contributed by atoms with E-state index in [9.17, 15) is 13.2 Å². The summed E-state index contributed by atoms with van der Waals surface area (Å²) in [6.45, 7) is 3.16. The highest BCUT2D eigenvalue weighted by Gasteiger charge is 2.33. The zero-order chi connectivity index (χ0) is 15.0. The standard InChI is InChI=1S/C16H21F3N2/c1-11-7-12-9-21(10-16(17,18)19)6-4-13(12)14(8-11)15-3-2-5-20-15/h7-8,15,20H,2-6,9-10H2,1H3/t15-/m0/s1. The zero-order valence-corrected chi connectivity index (χ0v) is 12.3. The second-order valence-corrected chi connectivity index (χ2v) is 6.22. The number of alkyl halides is 3. The highest BCUT2D eigenvalue weighted by Crippen LogP contribution is 2.33. The summed E-state index contributed by atoms with van der Waals surface area (Å²) in [6, 6.07) is 4.64. The maximum atomic E-state index is 12.6. The fraction of sp³-hybridized carbons (Fsp3) is 0.625. The van der Waals surface area contributed by atoms with Gasteiger partial charge in [-0.05, 0) is 49.4 Å². The van der Waals surface area contributed by atoms with E-state index in [2.05, 4.69) is 17.4 Å². The van der Waals surface area contributed by atoms with Crippen LogP contribution in [0.5, 0.6) is 0 Å². The van der Waals surface area contributed by atoms with Crippen molar-refractivity contribution in [3.63, 3.8) is 0 Å². The molecule has 21 heavy (non-hydrogen) atoms. The molecule has 0 radical (unpaired) electrons. The first-order chi connectivity index (χ1) is 9.92. The number of fused-ring (bicyclic) bond motifs is 1. The van der Waals surface area contributed by atoms with Crippen LogP contribution in [-0.2, 0) is 13.0 Å². The summed E-state index contributed by atoms with van der Waals surface area (Å²) >= 11 is 0. The molecule has 0 saturated carbocycles. The number of rotatable bonds is 2. The van der Waals surface area contributed by atoms with Crippen molar-refractivity contribution in [2.75, 3.05) is 19.6 Å². The van der Waals surface area contributed by atoms with Crippen molar-refractivity contribution in [1.29, 1.82) is 0 Å². The molecule has 1 aromatic carbocycles. The van der Waals surface area contributed by atoms with Crippen LogP contribution in [0.1, 0.15) is 41.1 Å². The summed E-state index contributed by atoms with van der Waals surface area (Å²) in [5, 5.41) is 3.51. The van der Waals surface area contributed by atoms with Crippen molar-refractivity contribution in [1.82, 2.24) is 10.2 Å². The Bertz CT molecular complexity index is 519. The Kier molecular flexibility index (Phi) is 3.97. The van der Waals surface area contributed by atoms with Crippen LogP contribution < -0.4 is 5.32 Å². The van der Waals surface area contributed by atoms with Crippen molar-refractivity contribution in [3.05, 3.63) is 34.4 Å². The molecule has 3 rings (SSSR count). The quantitative estimate of drug-likeness (QED) is 0.901. The SMILES string of the molecule is Cc1cc2c(c([C@@H]3CCCN3)c1)CCN(CC(F)(F)F)C2. The number of halogens is 3. The average molecular weight is 298 g/mol.